The van der Waals surface area contributed by atoms with Gasteiger partial charge in [-0.3, -0.25) is 9.59 Å². The SMILES string of the molecule is COc1cc([C@@H](CC(=O)NC2CCCC2)N2Cc3ccccc3C2=O)cc(OC)c1OC. The van der Waals surface area contributed by atoms with Crippen LogP contribution in [0.3, 0.4) is 0 Å². The lowest BCUT2D eigenvalue weighted by atomic mass is 9.99. The van der Waals surface area contributed by atoms with E-state index in [0.29, 0.717) is 29.4 Å². The first-order valence-corrected chi connectivity index (χ1v) is 11.0. The smallest absolute Gasteiger partial charge is 0.255 e. The van der Waals surface area contributed by atoms with Crippen molar-refractivity contribution < 1.29 is 23.8 Å². The minimum absolute atomic E-state index is 0.0561. The van der Waals surface area contributed by atoms with Crippen LogP contribution in [0.25, 0.3) is 0 Å². The quantitative estimate of drug-likeness (QED) is 0.677. The minimum atomic E-state index is -0.468. The number of methoxy groups -OCH3 is 3. The number of nitrogens with one attached hydrogen (secondary N) is 1. The highest BCUT2D eigenvalue weighted by atomic mass is 16.5. The normalized spacial score (nSPS) is 16.6. The number of rotatable bonds is 8. The summed E-state index contributed by atoms with van der Waals surface area (Å²) < 4.78 is 16.5. The highest BCUT2D eigenvalue weighted by molar-refractivity contribution is 5.99. The van der Waals surface area contributed by atoms with Crippen LogP contribution in [0, 0.1) is 0 Å². The van der Waals surface area contributed by atoms with E-state index in [1.54, 1.807) is 26.2 Å². The number of nitrogens with zero attached hydrogens (tertiary/aromatic N) is 1. The van der Waals surface area contributed by atoms with Crippen LogP contribution in [0.5, 0.6) is 17.2 Å². The van der Waals surface area contributed by atoms with Gasteiger partial charge in [-0.25, -0.2) is 0 Å². The lowest BCUT2D eigenvalue weighted by Crippen LogP contribution is -2.37. The summed E-state index contributed by atoms with van der Waals surface area (Å²) >= 11 is 0. The van der Waals surface area contributed by atoms with Crippen molar-refractivity contribution in [3.63, 3.8) is 0 Å². The molecule has 7 nitrogen and oxygen atoms in total. The first kappa shape index (κ1) is 22.0. The van der Waals surface area contributed by atoms with Crippen molar-refractivity contribution >= 4 is 11.8 Å². The molecule has 32 heavy (non-hydrogen) atoms. The molecular formula is C25H30N2O5. The predicted molar refractivity (Wildman–Crippen MR) is 120 cm³/mol. The molecule has 0 bridgehead atoms. The Hall–Kier alpha value is -3.22. The Morgan fingerprint density at radius 1 is 1.06 bits per heavy atom. The highest BCUT2D eigenvalue weighted by Crippen LogP contribution is 2.43. The standard InChI is InChI=1S/C25H30N2O5/c1-30-21-12-17(13-22(31-2)24(21)32-3)20(14-23(28)26-18-9-5-6-10-18)27-15-16-8-4-7-11-19(16)25(27)29/h4,7-8,11-13,18,20H,5-6,9-10,14-15H2,1-3H3,(H,26,28)/t20-/m1/s1. The van der Waals surface area contributed by atoms with Crippen LogP contribution in [-0.4, -0.2) is 44.1 Å². The van der Waals surface area contributed by atoms with Crippen molar-refractivity contribution in [2.24, 2.45) is 0 Å². The van der Waals surface area contributed by atoms with Crippen LogP contribution in [0.2, 0.25) is 0 Å². The molecule has 0 spiro atoms. The predicted octanol–water partition coefficient (Wildman–Crippen LogP) is 3.86. The molecule has 1 aliphatic carbocycles. The summed E-state index contributed by atoms with van der Waals surface area (Å²) in [7, 11) is 4.66. The molecule has 4 rings (SSSR count). The van der Waals surface area contributed by atoms with Crippen molar-refractivity contribution in [1.29, 1.82) is 0 Å². The monoisotopic (exact) mass is 438 g/mol. The van der Waals surface area contributed by atoms with Crippen molar-refractivity contribution in [1.82, 2.24) is 10.2 Å². The molecular weight excluding hydrogens is 408 g/mol. The Morgan fingerprint density at radius 3 is 2.31 bits per heavy atom. The molecule has 1 saturated carbocycles. The second kappa shape index (κ2) is 9.51. The molecule has 1 N–H and O–H groups in total. The van der Waals surface area contributed by atoms with E-state index in [2.05, 4.69) is 5.32 Å². The lowest BCUT2D eigenvalue weighted by Gasteiger charge is -2.29. The average molecular weight is 439 g/mol. The number of carbonyl (C=O) groups is 2. The molecule has 170 valence electrons. The van der Waals surface area contributed by atoms with E-state index >= 15 is 0 Å². The van der Waals surface area contributed by atoms with Crippen molar-refractivity contribution in [3.05, 3.63) is 53.1 Å². The van der Waals surface area contributed by atoms with E-state index in [-0.39, 0.29) is 24.3 Å². The van der Waals surface area contributed by atoms with Crippen LogP contribution < -0.4 is 19.5 Å². The molecule has 0 radical (unpaired) electrons. The molecule has 1 aliphatic heterocycles. The average Bonchev–Trinajstić information content (AvgIpc) is 3.44. The summed E-state index contributed by atoms with van der Waals surface area (Å²) in [5.41, 5.74) is 2.41. The molecule has 0 aromatic heterocycles. The molecule has 0 unspecified atom stereocenters. The Kier molecular flexibility index (Phi) is 6.53. The van der Waals surface area contributed by atoms with Gasteiger partial charge in [-0.15, -0.1) is 0 Å². The summed E-state index contributed by atoms with van der Waals surface area (Å²) in [6, 6.07) is 11.0. The number of ether oxygens (including phenoxy) is 3. The minimum Gasteiger partial charge on any atom is -0.493 e. The summed E-state index contributed by atoms with van der Waals surface area (Å²) in [5.74, 6) is 1.33. The Balaban J connectivity index is 1.69. The van der Waals surface area contributed by atoms with Gasteiger partial charge >= 0.3 is 0 Å². The van der Waals surface area contributed by atoms with Gasteiger partial charge in [0.2, 0.25) is 11.7 Å². The third kappa shape index (κ3) is 4.24. The molecule has 2 aromatic carbocycles. The first-order chi connectivity index (χ1) is 15.5. The van der Waals surface area contributed by atoms with Crippen molar-refractivity contribution in [2.45, 2.75) is 50.7 Å². The van der Waals surface area contributed by atoms with Gasteiger partial charge in [-0.1, -0.05) is 31.0 Å². The number of hydrogen-bond donors (Lipinski definition) is 1. The van der Waals surface area contributed by atoms with Crippen LogP contribution in [0.4, 0.5) is 0 Å². The first-order valence-electron chi connectivity index (χ1n) is 11.0. The number of hydrogen-bond acceptors (Lipinski definition) is 5. The second-order valence-electron chi connectivity index (χ2n) is 8.32. The Labute approximate surface area is 188 Å². The van der Waals surface area contributed by atoms with Crippen molar-refractivity contribution in [3.8, 4) is 17.2 Å². The molecule has 1 atom stereocenters. The number of carbonyl (C=O) groups excluding carboxylic acids is 2. The van der Waals surface area contributed by atoms with E-state index in [1.165, 1.54) is 0 Å². The van der Waals surface area contributed by atoms with E-state index in [1.807, 2.05) is 36.4 Å². The fourth-order valence-electron chi connectivity index (χ4n) is 4.76. The zero-order valence-electron chi connectivity index (χ0n) is 18.8. The van der Waals surface area contributed by atoms with Crippen LogP contribution in [0.15, 0.2) is 36.4 Å². The van der Waals surface area contributed by atoms with Gasteiger partial charge in [-0.2, -0.15) is 0 Å². The molecule has 2 aromatic rings. The van der Waals surface area contributed by atoms with Crippen LogP contribution in [-0.2, 0) is 11.3 Å². The maximum absolute atomic E-state index is 13.3. The Morgan fingerprint density at radius 2 is 1.72 bits per heavy atom. The third-order valence-corrected chi connectivity index (χ3v) is 6.40. The van der Waals surface area contributed by atoms with Crippen molar-refractivity contribution in [2.75, 3.05) is 21.3 Å². The summed E-state index contributed by atoms with van der Waals surface area (Å²) in [4.78, 5) is 28.1. The fourth-order valence-corrected chi connectivity index (χ4v) is 4.76. The van der Waals surface area contributed by atoms with E-state index < -0.39 is 6.04 Å². The number of benzene rings is 2. The van der Waals surface area contributed by atoms with Gasteiger partial charge in [0, 0.05) is 18.2 Å². The lowest BCUT2D eigenvalue weighted by molar-refractivity contribution is -0.122. The van der Waals surface area contributed by atoms with Crippen LogP contribution in [0.1, 0.15) is 59.6 Å². The molecule has 1 heterocycles. The summed E-state index contributed by atoms with van der Waals surface area (Å²) in [6.45, 7) is 0.451. The third-order valence-electron chi connectivity index (χ3n) is 6.40. The van der Waals surface area contributed by atoms with Crippen LogP contribution >= 0.6 is 0 Å². The molecule has 2 aliphatic rings. The van der Waals surface area contributed by atoms with Gasteiger partial charge in [0.25, 0.3) is 5.91 Å². The van der Waals surface area contributed by atoms with E-state index in [0.717, 1.165) is 36.8 Å². The molecule has 1 fully saturated rings. The van der Waals surface area contributed by atoms with Gasteiger partial charge in [0.05, 0.1) is 33.8 Å². The highest BCUT2D eigenvalue weighted by Gasteiger charge is 2.35. The Bertz CT molecular complexity index is 975. The molecule has 2 amide bonds. The topological polar surface area (TPSA) is 77.1 Å². The summed E-state index contributed by atoms with van der Waals surface area (Å²) in [5, 5.41) is 3.15. The number of fused-ring (bicyclic) bond motifs is 1. The zero-order chi connectivity index (χ0) is 22.7. The van der Waals surface area contributed by atoms with Gasteiger partial charge in [0.1, 0.15) is 0 Å². The van der Waals surface area contributed by atoms with Gasteiger partial charge < -0.3 is 24.4 Å². The molecule has 7 heteroatoms. The van der Waals surface area contributed by atoms with Gasteiger partial charge in [-0.05, 0) is 42.2 Å². The maximum Gasteiger partial charge on any atom is 0.255 e. The largest absolute Gasteiger partial charge is 0.493 e. The second-order valence-corrected chi connectivity index (χ2v) is 8.32. The van der Waals surface area contributed by atoms with Gasteiger partial charge in [0.15, 0.2) is 11.5 Å². The number of amides is 2. The van der Waals surface area contributed by atoms with E-state index in [4.69, 9.17) is 14.2 Å². The zero-order valence-corrected chi connectivity index (χ0v) is 18.8. The van der Waals surface area contributed by atoms with E-state index in [9.17, 15) is 9.59 Å². The fraction of sp³-hybridized carbons (Fsp3) is 0.440. The summed E-state index contributed by atoms with van der Waals surface area (Å²) in [6.07, 6.45) is 4.46. The molecule has 0 saturated heterocycles. The maximum atomic E-state index is 13.3.